The maximum absolute atomic E-state index is 6.38. The van der Waals surface area contributed by atoms with Crippen LogP contribution in [0.15, 0.2) is 18.2 Å². The van der Waals surface area contributed by atoms with Crippen molar-refractivity contribution in [1.82, 2.24) is 0 Å². The quantitative estimate of drug-likeness (QED) is 0.681. The molecule has 1 aromatic carbocycles. The van der Waals surface area contributed by atoms with Crippen molar-refractivity contribution in [1.29, 1.82) is 0 Å². The van der Waals surface area contributed by atoms with Crippen LogP contribution < -0.4 is 4.90 Å². The SMILES string of the molecule is CCC(C)N(CCOC)c1ccc(CBr)cc1Cl. The van der Waals surface area contributed by atoms with E-state index in [1.54, 1.807) is 7.11 Å². The van der Waals surface area contributed by atoms with Gasteiger partial charge in [-0.15, -0.1) is 0 Å². The van der Waals surface area contributed by atoms with Crippen LogP contribution in [-0.4, -0.2) is 26.3 Å². The Kier molecular flexibility index (Phi) is 7.05. The molecular formula is C14H21BrClNO. The molecule has 1 rings (SSSR count). The number of hydrogen-bond acceptors (Lipinski definition) is 2. The van der Waals surface area contributed by atoms with Crippen LogP contribution in [0.3, 0.4) is 0 Å². The topological polar surface area (TPSA) is 12.5 Å². The highest BCUT2D eigenvalue weighted by Crippen LogP contribution is 2.29. The molecule has 1 atom stereocenters. The highest BCUT2D eigenvalue weighted by atomic mass is 79.9. The van der Waals surface area contributed by atoms with E-state index in [-0.39, 0.29) is 0 Å². The van der Waals surface area contributed by atoms with Crippen molar-refractivity contribution in [2.24, 2.45) is 0 Å². The molecule has 0 aliphatic rings. The number of alkyl halides is 1. The molecule has 0 saturated carbocycles. The Labute approximate surface area is 123 Å². The normalized spacial score (nSPS) is 12.5. The van der Waals surface area contributed by atoms with Crippen LogP contribution in [0.4, 0.5) is 5.69 Å². The Hall–Kier alpha value is -0.250. The van der Waals surface area contributed by atoms with Gasteiger partial charge in [-0.25, -0.2) is 0 Å². The van der Waals surface area contributed by atoms with Crippen LogP contribution in [0.1, 0.15) is 25.8 Å². The zero-order valence-electron chi connectivity index (χ0n) is 11.2. The Bertz CT molecular complexity index is 373. The molecule has 4 heteroatoms. The molecule has 1 unspecified atom stereocenters. The molecule has 0 aromatic heterocycles. The van der Waals surface area contributed by atoms with Gasteiger partial charge in [0.15, 0.2) is 0 Å². The van der Waals surface area contributed by atoms with Gasteiger partial charge in [-0.1, -0.05) is 40.5 Å². The molecule has 102 valence electrons. The van der Waals surface area contributed by atoms with Crippen molar-refractivity contribution in [3.63, 3.8) is 0 Å². The molecule has 0 aliphatic heterocycles. The van der Waals surface area contributed by atoms with Gasteiger partial charge in [0, 0.05) is 25.0 Å². The van der Waals surface area contributed by atoms with E-state index in [0.29, 0.717) is 12.6 Å². The fourth-order valence-corrected chi connectivity index (χ4v) is 2.52. The third-order valence-corrected chi connectivity index (χ3v) is 4.09. The maximum atomic E-state index is 6.38. The molecule has 0 saturated heterocycles. The fourth-order valence-electron chi connectivity index (χ4n) is 1.85. The van der Waals surface area contributed by atoms with E-state index in [4.69, 9.17) is 16.3 Å². The summed E-state index contributed by atoms with van der Waals surface area (Å²) >= 11 is 9.83. The third kappa shape index (κ3) is 4.15. The van der Waals surface area contributed by atoms with Crippen molar-refractivity contribution in [3.8, 4) is 0 Å². The second-order valence-corrected chi connectivity index (χ2v) is 5.33. The summed E-state index contributed by atoms with van der Waals surface area (Å²) in [6.45, 7) is 5.97. The average Bonchev–Trinajstić information content (AvgIpc) is 2.39. The number of ether oxygens (including phenoxy) is 1. The van der Waals surface area contributed by atoms with Gasteiger partial charge in [-0.2, -0.15) is 0 Å². The number of anilines is 1. The first-order valence-corrected chi connectivity index (χ1v) is 7.73. The van der Waals surface area contributed by atoms with Gasteiger partial charge < -0.3 is 9.64 Å². The van der Waals surface area contributed by atoms with Crippen LogP contribution in [0.25, 0.3) is 0 Å². The largest absolute Gasteiger partial charge is 0.383 e. The maximum Gasteiger partial charge on any atom is 0.0642 e. The lowest BCUT2D eigenvalue weighted by Crippen LogP contribution is -2.35. The van der Waals surface area contributed by atoms with Crippen molar-refractivity contribution in [3.05, 3.63) is 28.8 Å². The summed E-state index contributed by atoms with van der Waals surface area (Å²) < 4.78 is 5.18. The Balaban J connectivity index is 2.96. The lowest BCUT2D eigenvalue weighted by molar-refractivity contribution is 0.203. The predicted octanol–water partition coefficient (Wildman–Crippen LogP) is 4.49. The minimum absolute atomic E-state index is 0.451. The zero-order chi connectivity index (χ0) is 13.5. The number of halogens is 2. The molecule has 2 nitrogen and oxygen atoms in total. The molecule has 0 spiro atoms. The van der Waals surface area contributed by atoms with Crippen molar-refractivity contribution >= 4 is 33.2 Å². The van der Waals surface area contributed by atoms with Gasteiger partial charge in [0.25, 0.3) is 0 Å². The molecule has 0 fully saturated rings. The third-order valence-electron chi connectivity index (χ3n) is 3.14. The lowest BCUT2D eigenvalue weighted by atomic mass is 10.1. The highest BCUT2D eigenvalue weighted by molar-refractivity contribution is 9.08. The van der Waals surface area contributed by atoms with Crippen molar-refractivity contribution in [2.75, 3.05) is 25.2 Å². The lowest BCUT2D eigenvalue weighted by Gasteiger charge is -2.31. The summed E-state index contributed by atoms with van der Waals surface area (Å²) in [5, 5.41) is 1.64. The van der Waals surface area contributed by atoms with Gasteiger partial charge in [0.2, 0.25) is 0 Å². The Morgan fingerprint density at radius 2 is 2.17 bits per heavy atom. The average molecular weight is 335 g/mol. The zero-order valence-corrected chi connectivity index (χ0v) is 13.6. The number of benzene rings is 1. The van der Waals surface area contributed by atoms with E-state index < -0.39 is 0 Å². The monoisotopic (exact) mass is 333 g/mol. The van der Waals surface area contributed by atoms with Gasteiger partial charge in [-0.05, 0) is 31.0 Å². The molecule has 1 aromatic rings. The number of nitrogens with zero attached hydrogens (tertiary/aromatic N) is 1. The molecule has 18 heavy (non-hydrogen) atoms. The predicted molar refractivity (Wildman–Crippen MR) is 83.1 cm³/mol. The fraction of sp³-hybridized carbons (Fsp3) is 0.571. The van der Waals surface area contributed by atoms with E-state index in [1.807, 2.05) is 6.07 Å². The molecule has 0 radical (unpaired) electrons. The van der Waals surface area contributed by atoms with E-state index >= 15 is 0 Å². The standard InChI is InChI=1S/C14H21BrClNO/c1-4-11(2)17(7-8-18-3)14-6-5-12(10-15)9-13(14)16/h5-6,9,11H,4,7-8,10H2,1-3H3. The minimum atomic E-state index is 0.451. The molecule has 0 N–H and O–H groups in total. The summed E-state index contributed by atoms with van der Waals surface area (Å²) in [7, 11) is 1.73. The van der Waals surface area contributed by atoms with Crippen LogP contribution in [0.2, 0.25) is 5.02 Å². The second kappa shape index (κ2) is 8.03. The Morgan fingerprint density at radius 1 is 1.44 bits per heavy atom. The van der Waals surface area contributed by atoms with Crippen LogP contribution >= 0.6 is 27.5 Å². The van der Waals surface area contributed by atoms with E-state index in [9.17, 15) is 0 Å². The number of methoxy groups -OCH3 is 1. The second-order valence-electron chi connectivity index (χ2n) is 4.36. The molecular weight excluding hydrogens is 314 g/mol. The first-order chi connectivity index (χ1) is 8.63. The van der Waals surface area contributed by atoms with E-state index in [2.05, 4.69) is 46.8 Å². The molecule has 0 aliphatic carbocycles. The van der Waals surface area contributed by atoms with Crippen molar-refractivity contribution < 1.29 is 4.74 Å². The number of rotatable bonds is 7. The van der Waals surface area contributed by atoms with Crippen LogP contribution in [0, 0.1) is 0 Å². The molecule has 0 heterocycles. The van der Waals surface area contributed by atoms with Gasteiger partial charge >= 0.3 is 0 Å². The summed E-state index contributed by atoms with van der Waals surface area (Å²) in [6, 6.07) is 6.68. The highest BCUT2D eigenvalue weighted by Gasteiger charge is 2.15. The number of hydrogen-bond donors (Lipinski definition) is 0. The van der Waals surface area contributed by atoms with Crippen molar-refractivity contribution in [2.45, 2.75) is 31.6 Å². The van der Waals surface area contributed by atoms with Gasteiger partial charge in [0.05, 0.1) is 17.3 Å². The molecule has 0 amide bonds. The first kappa shape index (κ1) is 15.8. The summed E-state index contributed by atoms with van der Waals surface area (Å²) in [4.78, 5) is 2.31. The van der Waals surface area contributed by atoms with Crippen LogP contribution in [0.5, 0.6) is 0 Å². The van der Waals surface area contributed by atoms with Crippen LogP contribution in [-0.2, 0) is 10.1 Å². The molecule has 0 bridgehead atoms. The minimum Gasteiger partial charge on any atom is -0.383 e. The summed E-state index contributed by atoms with van der Waals surface area (Å²) in [5.74, 6) is 0. The summed E-state index contributed by atoms with van der Waals surface area (Å²) in [6.07, 6.45) is 1.08. The smallest absolute Gasteiger partial charge is 0.0642 e. The first-order valence-electron chi connectivity index (χ1n) is 6.24. The van der Waals surface area contributed by atoms with Gasteiger partial charge in [0.1, 0.15) is 0 Å². The van der Waals surface area contributed by atoms with E-state index in [0.717, 1.165) is 29.0 Å². The van der Waals surface area contributed by atoms with E-state index in [1.165, 1.54) is 5.56 Å². The van der Waals surface area contributed by atoms with Gasteiger partial charge in [-0.3, -0.25) is 0 Å². The Morgan fingerprint density at radius 3 is 2.67 bits per heavy atom. The summed E-state index contributed by atoms with van der Waals surface area (Å²) in [5.41, 5.74) is 2.28.